The van der Waals surface area contributed by atoms with E-state index in [1.165, 1.54) is 23.7 Å². The molecule has 0 saturated carbocycles. The molecule has 0 aliphatic carbocycles. The third-order valence-corrected chi connectivity index (χ3v) is 5.52. The monoisotopic (exact) mass is 451 g/mol. The number of nitrogens with zero attached hydrogens (tertiary/aromatic N) is 4. The van der Waals surface area contributed by atoms with Crippen molar-refractivity contribution in [2.75, 3.05) is 36.4 Å². The number of piperazine rings is 1. The Balaban J connectivity index is 1.33. The molecule has 31 heavy (non-hydrogen) atoms. The Morgan fingerprint density at radius 3 is 2.52 bits per heavy atom. The number of pyridine rings is 1. The molecule has 4 rings (SSSR count). The lowest BCUT2D eigenvalue weighted by Gasteiger charge is -2.35. The van der Waals surface area contributed by atoms with Gasteiger partial charge in [0, 0.05) is 32.4 Å². The van der Waals surface area contributed by atoms with Gasteiger partial charge in [0.2, 0.25) is 0 Å². The van der Waals surface area contributed by atoms with Crippen LogP contribution in [0.4, 0.5) is 25.0 Å². The van der Waals surface area contributed by atoms with E-state index >= 15 is 0 Å². The summed E-state index contributed by atoms with van der Waals surface area (Å²) in [7, 11) is 0. The van der Waals surface area contributed by atoms with E-state index in [2.05, 4.69) is 15.3 Å². The van der Waals surface area contributed by atoms with Crippen molar-refractivity contribution in [3.05, 3.63) is 58.2 Å². The van der Waals surface area contributed by atoms with Crippen LogP contribution >= 0.6 is 11.3 Å². The van der Waals surface area contributed by atoms with Crippen molar-refractivity contribution < 1.29 is 27.2 Å². The molecule has 1 aliphatic rings. The molecule has 0 spiro atoms. The predicted octanol–water partition coefficient (Wildman–Crippen LogP) is 3.36. The van der Waals surface area contributed by atoms with Gasteiger partial charge in [0.25, 0.3) is 11.8 Å². The zero-order chi connectivity index (χ0) is 22.0. The van der Waals surface area contributed by atoms with Crippen molar-refractivity contribution in [1.29, 1.82) is 0 Å². The number of oxazole rings is 1. The molecule has 4 heterocycles. The first-order valence-electron chi connectivity index (χ1n) is 9.19. The van der Waals surface area contributed by atoms with Crippen molar-refractivity contribution >= 4 is 35.0 Å². The van der Waals surface area contributed by atoms with Crippen LogP contribution in [0.1, 0.15) is 25.7 Å². The molecule has 2 amide bonds. The van der Waals surface area contributed by atoms with Crippen molar-refractivity contribution in [2.45, 2.75) is 6.18 Å². The fourth-order valence-corrected chi connectivity index (χ4v) is 3.66. The average Bonchev–Trinajstić information content (AvgIpc) is 3.45. The quantitative estimate of drug-likeness (QED) is 0.654. The van der Waals surface area contributed by atoms with Gasteiger partial charge in [-0.05, 0) is 23.6 Å². The van der Waals surface area contributed by atoms with E-state index in [-0.39, 0.29) is 23.5 Å². The Bertz CT molecular complexity index is 1060. The van der Waals surface area contributed by atoms with Crippen LogP contribution in [0.5, 0.6) is 0 Å². The number of rotatable bonds is 4. The minimum absolute atomic E-state index is 0.0579. The van der Waals surface area contributed by atoms with Crippen molar-refractivity contribution in [3.63, 3.8) is 0 Å². The van der Waals surface area contributed by atoms with E-state index in [0.29, 0.717) is 36.9 Å². The van der Waals surface area contributed by atoms with Crippen molar-refractivity contribution in [1.82, 2.24) is 14.9 Å². The average molecular weight is 451 g/mol. The Kier molecular flexibility index (Phi) is 5.63. The molecule has 3 aromatic heterocycles. The zero-order valence-electron chi connectivity index (χ0n) is 15.9. The summed E-state index contributed by atoms with van der Waals surface area (Å²) in [5.74, 6) is -0.325. The molecule has 1 aliphatic heterocycles. The van der Waals surface area contributed by atoms with Crippen molar-refractivity contribution in [3.8, 4) is 0 Å². The number of nitrogens with one attached hydrogen (secondary N) is 1. The summed E-state index contributed by atoms with van der Waals surface area (Å²) in [5, 5.41) is 4.26. The number of thiophene rings is 1. The molecular formula is C19H16F3N5O3S. The van der Waals surface area contributed by atoms with E-state index < -0.39 is 11.7 Å². The van der Waals surface area contributed by atoms with Crippen LogP contribution in [0, 0.1) is 0 Å². The summed E-state index contributed by atoms with van der Waals surface area (Å²) in [4.78, 5) is 36.5. The Labute approximate surface area is 178 Å². The highest BCUT2D eigenvalue weighted by Crippen LogP contribution is 2.29. The normalized spacial score (nSPS) is 14.5. The smallest absolute Gasteiger partial charge is 0.417 e. The Morgan fingerprint density at radius 2 is 1.90 bits per heavy atom. The summed E-state index contributed by atoms with van der Waals surface area (Å²) in [6.07, 6.45) is -2.46. The van der Waals surface area contributed by atoms with E-state index in [1.54, 1.807) is 27.3 Å². The third kappa shape index (κ3) is 4.68. The van der Waals surface area contributed by atoms with Gasteiger partial charge in [0.15, 0.2) is 5.69 Å². The summed E-state index contributed by atoms with van der Waals surface area (Å²) >= 11 is 1.26. The molecule has 1 N–H and O–H groups in total. The minimum Gasteiger partial charge on any atom is -0.431 e. The van der Waals surface area contributed by atoms with E-state index in [0.717, 1.165) is 12.3 Å². The summed E-state index contributed by atoms with van der Waals surface area (Å²) < 4.78 is 43.2. The lowest BCUT2D eigenvalue weighted by molar-refractivity contribution is -0.137. The van der Waals surface area contributed by atoms with Crippen LogP contribution in [0.2, 0.25) is 0 Å². The SMILES string of the molecule is O=C(Nc1nc(C(=O)N2CCN(c3ccc(C(F)(F)F)cn3)CC2)co1)c1cccs1. The number of halogens is 3. The molecule has 0 unspecified atom stereocenters. The van der Waals surface area contributed by atoms with Gasteiger partial charge in [0.1, 0.15) is 12.1 Å². The maximum atomic E-state index is 12.7. The van der Waals surface area contributed by atoms with Gasteiger partial charge >= 0.3 is 12.2 Å². The standard InChI is InChI=1S/C19H16F3N5O3S/c20-19(21,22)12-3-4-15(23-10-12)26-5-7-27(8-6-26)17(29)13-11-30-18(24-13)25-16(28)14-2-1-9-31-14/h1-4,9-11H,5-8H2,(H,24,25,28). The maximum Gasteiger partial charge on any atom is 0.417 e. The summed E-state index contributed by atoms with van der Waals surface area (Å²) in [6.45, 7) is 1.49. The van der Waals surface area contributed by atoms with Crippen LogP contribution in [0.15, 0.2) is 46.5 Å². The second-order valence-corrected chi connectivity index (χ2v) is 7.60. The first-order valence-corrected chi connectivity index (χ1v) is 10.1. The number of aromatic nitrogens is 2. The van der Waals surface area contributed by atoms with Gasteiger partial charge < -0.3 is 14.2 Å². The molecule has 8 nitrogen and oxygen atoms in total. The van der Waals surface area contributed by atoms with E-state index in [9.17, 15) is 22.8 Å². The number of carbonyl (C=O) groups is 2. The molecule has 1 saturated heterocycles. The van der Waals surface area contributed by atoms with E-state index in [4.69, 9.17) is 4.42 Å². The lowest BCUT2D eigenvalue weighted by atomic mass is 10.2. The van der Waals surface area contributed by atoms with E-state index in [1.807, 2.05) is 0 Å². The molecule has 0 aromatic carbocycles. The molecule has 0 radical (unpaired) electrons. The minimum atomic E-state index is -4.43. The topological polar surface area (TPSA) is 91.6 Å². The highest BCUT2D eigenvalue weighted by Gasteiger charge is 2.31. The first kappa shape index (κ1) is 20.8. The Hall–Kier alpha value is -3.41. The van der Waals surface area contributed by atoms with Gasteiger partial charge in [0.05, 0.1) is 10.4 Å². The van der Waals surface area contributed by atoms with Crippen LogP contribution in [-0.2, 0) is 6.18 Å². The second kappa shape index (κ2) is 8.38. The number of hydrogen-bond acceptors (Lipinski definition) is 7. The molecule has 0 atom stereocenters. The van der Waals surface area contributed by atoms with Crippen molar-refractivity contribution in [2.24, 2.45) is 0 Å². The summed E-state index contributed by atoms with van der Waals surface area (Å²) in [5.41, 5.74) is -0.749. The van der Waals surface area contributed by atoms with Crippen LogP contribution in [-0.4, -0.2) is 52.9 Å². The van der Waals surface area contributed by atoms with Crippen LogP contribution < -0.4 is 10.2 Å². The third-order valence-electron chi connectivity index (χ3n) is 4.65. The lowest BCUT2D eigenvalue weighted by Crippen LogP contribution is -2.49. The maximum absolute atomic E-state index is 12.7. The van der Waals surface area contributed by atoms with Gasteiger partial charge in [-0.15, -0.1) is 11.3 Å². The molecular weight excluding hydrogens is 435 g/mol. The van der Waals surface area contributed by atoms with Gasteiger partial charge in [-0.2, -0.15) is 18.2 Å². The first-order chi connectivity index (χ1) is 14.8. The molecule has 1 fully saturated rings. The van der Waals surface area contributed by atoms with Crippen LogP contribution in [0.3, 0.4) is 0 Å². The Morgan fingerprint density at radius 1 is 1.13 bits per heavy atom. The fraction of sp³-hybridized carbons (Fsp3) is 0.263. The molecule has 3 aromatic rings. The number of amides is 2. The molecule has 0 bridgehead atoms. The number of hydrogen-bond donors (Lipinski definition) is 1. The largest absolute Gasteiger partial charge is 0.431 e. The molecule has 162 valence electrons. The molecule has 12 heteroatoms. The second-order valence-electron chi connectivity index (χ2n) is 6.65. The van der Waals surface area contributed by atoms with Gasteiger partial charge in [-0.3, -0.25) is 14.9 Å². The van der Waals surface area contributed by atoms with Crippen LogP contribution in [0.25, 0.3) is 0 Å². The highest BCUT2D eigenvalue weighted by atomic mass is 32.1. The number of alkyl halides is 3. The number of carbonyl (C=O) groups excluding carboxylic acids is 2. The zero-order valence-corrected chi connectivity index (χ0v) is 16.7. The fourth-order valence-electron chi connectivity index (χ4n) is 3.04. The number of anilines is 2. The predicted molar refractivity (Wildman–Crippen MR) is 106 cm³/mol. The highest BCUT2D eigenvalue weighted by molar-refractivity contribution is 7.12. The summed E-state index contributed by atoms with van der Waals surface area (Å²) in [6, 6.07) is 5.63. The van der Waals surface area contributed by atoms with Gasteiger partial charge in [-0.25, -0.2) is 4.98 Å². The van der Waals surface area contributed by atoms with Gasteiger partial charge in [-0.1, -0.05) is 6.07 Å².